The van der Waals surface area contributed by atoms with Crippen LogP contribution in [0.25, 0.3) is 0 Å². The van der Waals surface area contributed by atoms with Gasteiger partial charge in [0.1, 0.15) is 0 Å². The molecule has 1 N–H and O–H groups in total. The Morgan fingerprint density at radius 3 is 2.60 bits per heavy atom. The number of pyridine rings is 1. The zero-order valence-corrected chi connectivity index (χ0v) is 9.57. The third-order valence-electron chi connectivity index (χ3n) is 2.73. The van der Waals surface area contributed by atoms with Crippen molar-refractivity contribution in [3.63, 3.8) is 0 Å². The molecule has 1 rings (SSSR count). The van der Waals surface area contributed by atoms with Crippen LogP contribution in [-0.2, 0) is 6.54 Å². The van der Waals surface area contributed by atoms with E-state index in [1.807, 2.05) is 19.4 Å². The molecule has 1 atom stereocenters. The van der Waals surface area contributed by atoms with Crippen LogP contribution in [0.5, 0.6) is 0 Å². The lowest BCUT2D eigenvalue weighted by Crippen LogP contribution is -2.24. The van der Waals surface area contributed by atoms with E-state index < -0.39 is 0 Å². The maximum absolute atomic E-state index is 10.9. The Labute approximate surface area is 91.1 Å². The molecule has 1 heterocycles. The van der Waals surface area contributed by atoms with Gasteiger partial charge in [0, 0.05) is 37.1 Å². The third kappa shape index (κ3) is 4.30. The van der Waals surface area contributed by atoms with Crippen molar-refractivity contribution in [3.05, 3.63) is 34.7 Å². The monoisotopic (exact) mass is 208 g/mol. The molecule has 84 valence electrons. The van der Waals surface area contributed by atoms with Gasteiger partial charge < -0.3 is 9.88 Å². The lowest BCUT2D eigenvalue weighted by molar-refractivity contribution is 0.468. The SMILES string of the molecule is CCC(CCCn1ccc(=O)cc1)NC. The van der Waals surface area contributed by atoms with E-state index in [0.717, 1.165) is 13.0 Å². The first kappa shape index (κ1) is 12.0. The number of hydrogen-bond donors (Lipinski definition) is 1. The van der Waals surface area contributed by atoms with E-state index in [2.05, 4.69) is 16.8 Å². The minimum absolute atomic E-state index is 0.0768. The Morgan fingerprint density at radius 2 is 2.07 bits per heavy atom. The summed E-state index contributed by atoms with van der Waals surface area (Å²) in [6.45, 7) is 3.18. The lowest BCUT2D eigenvalue weighted by Gasteiger charge is -2.13. The minimum atomic E-state index is 0.0768. The molecule has 0 spiro atoms. The number of rotatable bonds is 6. The van der Waals surface area contributed by atoms with Gasteiger partial charge in [0.15, 0.2) is 5.43 Å². The molecule has 1 aromatic heterocycles. The molecule has 0 aliphatic carbocycles. The molecule has 0 amide bonds. The van der Waals surface area contributed by atoms with E-state index in [-0.39, 0.29) is 5.43 Å². The van der Waals surface area contributed by atoms with Crippen molar-refractivity contribution in [1.29, 1.82) is 0 Å². The van der Waals surface area contributed by atoms with E-state index in [0.29, 0.717) is 6.04 Å². The molecular weight excluding hydrogens is 188 g/mol. The van der Waals surface area contributed by atoms with Crippen LogP contribution in [-0.4, -0.2) is 17.7 Å². The lowest BCUT2D eigenvalue weighted by atomic mass is 10.1. The molecule has 0 aliphatic rings. The Bertz CT molecular complexity index is 308. The van der Waals surface area contributed by atoms with Crippen molar-refractivity contribution in [2.75, 3.05) is 7.05 Å². The van der Waals surface area contributed by atoms with Crippen LogP contribution >= 0.6 is 0 Å². The molecule has 0 saturated heterocycles. The summed E-state index contributed by atoms with van der Waals surface area (Å²) in [7, 11) is 2.01. The topological polar surface area (TPSA) is 34.0 Å². The molecule has 1 unspecified atom stereocenters. The van der Waals surface area contributed by atoms with Crippen molar-refractivity contribution in [1.82, 2.24) is 9.88 Å². The normalized spacial score (nSPS) is 12.7. The van der Waals surface area contributed by atoms with Crippen LogP contribution in [0.2, 0.25) is 0 Å². The van der Waals surface area contributed by atoms with Crippen molar-refractivity contribution >= 4 is 0 Å². The van der Waals surface area contributed by atoms with Crippen molar-refractivity contribution < 1.29 is 0 Å². The smallest absolute Gasteiger partial charge is 0.181 e. The van der Waals surface area contributed by atoms with Crippen molar-refractivity contribution in [3.8, 4) is 0 Å². The molecular formula is C12H20N2O. The third-order valence-corrected chi connectivity index (χ3v) is 2.73. The predicted octanol–water partition coefficient (Wildman–Crippen LogP) is 1.63. The highest BCUT2D eigenvalue weighted by Crippen LogP contribution is 2.02. The number of aromatic nitrogens is 1. The van der Waals surface area contributed by atoms with Crippen LogP contribution in [0.1, 0.15) is 26.2 Å². The highest BCUT2D eigenvalue weighted by atomic mass is 16.1. The summed E-state index contributed by atoms with van der Waals surface area (Å²) in [5.41, 5.74) is 0.0768. The molecule has 3 heteroatoms. The fourth-order valence-corrected chi connectivity index (χ4v) is 1.67. The van der Waals surface area contributed by atoms with Crippen LogP contribution in [0.3, 0.4) is 0 Å². The summed E-state index contributed by atoms with van der Waals surface area (Å²) >= 11 is 0. The fourth-order valence-electron chi connectivity index (χ4n) is 1.67. The fraction of sp³-hybridized carbons (Fsp3) is 0.583. The Morgan fingerprint density at radius 1 is 1.40 bits per heavy atom. The highest BCUT2D eigenvalue weighted by Gasteiger charge is 2.01. The summed E-state index contributed by atoms with van der Waals surface area (Å²) in [6, 6.07) is 3.83. The van der Waals surface area contributed by atoms with E-state index in [4.69, 9.17) is 0 Å². The first-order valence-electron chi connectivity index (χ1n) is 5.59. The second-order valence-corrected chi connectivity index (χ2v) is 3.81. The molecule has 0 bridgehead atoms. The summed E-state index contributed by atoms with van der Waals surface area (Å²) < 4.78 is 2.06. The number of hydrogen-bond acceptors (Lipinski definition) is 2. The summed E-state index contributed by atoms with van der Waals surface area (Å²) in [5.74, 6) is 0. The average molecular weight is 208 g/mol. The van der Waals surface area contributed by atoms with Gasteiger partial charge in [0.05, 0.1) is 0 Å². The van der Waals surface area contributed by atoms with E-state index in [1.165, 1.54) is 12.8 Å². The van der Waals surface area contributed by atoms with E-state index >= 15 is 0 Å². The Hall–Kier alpha value is -1.09. The zero-order chi connectivity index (χ0) is 11.1. The van der Waals surface area contributed by atoms with Gasteiger partial charge in [0.25, 0.3) is 0 Å². The molecule has 0 aliphatic heterocycles. The van der Waals surface area contributed by atoms with Crippen LogP contribution in [0, 0.1) is 0 Å². The first-order valence-corrected chi connectivity index (χ1v) is 5.59. The van der Waals surface area contributed by atoms with Crippen molar-refractivity contribution in [2.24, 2.45) is 0 Å². The largest absolute Gasteiger partial charge is 0.354 e. The average Bonchev–Trinajstić information content (AvgIpc) is 2.27. The molecule has 3 nitrogen and oxygen atoms in total. The second kappa shape index (κ2) is 6.40. The van der Waals surface area contributed by atoms with Crippen molar-refractivity contribution in [2.45, 2.75) is 38.8 Å². The maximum atomic E-state index is 10.9. The van der Waals surface area contributed by atoms with Gasteiger partial charge in [-0.05, 0) is 26.3 Å². The van der Waals surface area contributed by atoms with E-state index in [9.17, 15) is 4.79 Å². The molecule has 15 heavy (non-hydrogen) atoms. The van der Waals surface area contributed by atoms with Crippen LogP contribution in [0.15, 0.2) is 29.3 Å². The number of aryl methyl sites for hydroxylation is 1. The minimum Gasteiger partial charge on any atom is -0.354 e. The quantitative estimate of drug-likeness (QED) is 0.771. The molecule has 0 radical (unpaired) electrons. The van der Waals surface area contributed by atoms with Gasteiger partial charge in [-0.25, -0.2) is 0 Å². The highest BCUT2D eigenvalue weighted by molar-refractivity contribution is 4.93. The van der Waals surface area contributed by atoms with Gasteiger partial charge in [-0.1, -0.05) is 6.92 Å². The Kier molecular flexibility index (Phi) is 5.12. The standard InChI is InChI=1S/C12H20N2O/c1-3-11(13-2)5-4-8-14-9-6-12(15)7-10-14/h6-7,9-11,13H,3-5,8H2,1-2H3. The molecule has 0 saturated carbocycles. The van der Waals surface area contributed by atoms with Gasteiger partial charge in [-0.2, -0.15) is 0 Å². The molecule has 1 aromatic rings. The second-order valence-electron chi connectivity index (χ2n) is 3.81. The molecule has 0 aromatic carbocycles. The van der Waals surface area contributed by atoms with Gasteiger partial charge in [-0.3, -0.25) is 4.79 Å². The van der Waals surface area contributed by atoms with Gasteiger partial charge in [0.2, 0.25) is 0 Å². The maximum Gasteiger partial charge on any atom is 0.181 e. The van der Waals surface area contributed by atoms with Crippen LogP contribution < -0.4 is 10.7 Å². The van der Waals surface area contributed by atoms with Crippen LogP contribution in [0.4, 0.5) is 0 Å². The summed E-state index contributed by atoms with van der Waals surface area (Å²) in [5, 5.41) is 3.29. The summed E-state index contributed by atoms with van der Waals surface area (Å²) in [4.78, 5) is 10.9. The predicted molar refractivity (Wildman–Crippen MR) is 63.1 cm³/mol. The van der Waals surface area contributed by atoms with Gasteiger partial charge in [-0.15, -0.1) is 0 Å². The zero-order valence-electron chi connectivity index (χ0n) is 9.57. The van der Waals surface area contributed by atoms with Gasteiger partial charge >= 0.3 is 0 Å². The number of nitrogens with one attached hydrogen (secondary N) is 1. The van der Waals surface area contributed by atoms with E-state index in [1.54, 1.807) is 12.1 Å². The molecule has 0 fully saturated rings. The summed E-state index contributed by atoms with van der Waals surface area (Å²) in [6.07, 6.45) is 7.19. The Balaban J connectivity index is 2.31. The first-order chi connectivity index (χ1) is 7.26. The number of nitrogens with zero attached hydrogens (tertiary/aromatic N) is 1.